The third-order valence-corrected chi connectivity index (χ3v) is 4.00. The molecule has 1 fully saturated rings. The summed E-state index contributed by atoms with van der Waals surface area (Å²) in [6, 6.07) is 8.12. The maximum absolute atomic E-state index is 6.16. The van der Waals surface area contributed by atoms with E-state index in [1.807, 2.05) is 35.1 Å². The highest BCUT2D eigenvalue weighted by Crippen LogP contribution is 2.30. The molecule has 2 aromatic rings. The summed E-state index contributed by atoms with van der Waals surface area (Å²) in [6.07, 6.45) is 5.67. The molecule has 0 amide bonds. The zero-order valence-electron chi connectivity index (χ0n) is 12.3. The molecule has 1 atom stereocenters. The van der Waals surface area contributed by atoms with Crippen LogP contribution in [0.25, 0.3) is 5.69 Å². The SMILES string of the molecule is CC1(C)CC(Nc2cc(Cl)ccc2-n2cccn2)CCO1. The number of rotatable bonds is 3. The van der Waals surface area contributed by atoms with Gasteiger partial charge in [0.05, 0.1) is 17.0 Å². The summed E-state index contributed by atoms with van der Waals surface area (Å²) in [4.78, 5) is 0. The van der Waals surface area contributed by atoms with Crippen LogP contribution < -0.4 is 5.32 Å². The maximum atomic E-state index is 6.16. The molecule has 1 saturated heterocycles. The number of benzene rings is 1. The van der Waals surface area contributed by atoms with Crippen molar-refractivity contribution >= 4 is 17.3 Å². The van der Waals surface area contributed by atoms with Gasteiger partial charge in [-0.3, -0.25) is 0 Å². The van der Waals surface area contributed by atoms with Gasteiger partial charge in [-0.15, -0.1) is 0 Å². The highest BCUT2D eigenvalue weighted by molar-refractivity contribution is 6.31. The van der Waals surface area contributed by atoms with Crippen LogP contribution in [-0.4, -0.2) is 28.0 Å². The van der Waals surface area contributed by atoms with E-state index in [4.69, 9.17) is 16.3 Å². The van der Waals surface area contributed by atoms with Crippen LogP contribution in [0.4, 0.5) is 5.69 Å². The average Bonchev–Trinajstić information content (AvgIpc) is 2.91. The van der Waals surface area contributed by atoms with Crippen molar-refractivity contribution < 1.29 is 4.74 Å². The lowest BCUT2D eigenvalue weighted by Crippen LogP contribution is -2.40. The molecule has 2 heterocycles. The van der Waals surface area contributed by atoms with E-state index < -0.39 is 0 Å². The molecular formula is C16H20ClN3O. The second-order valence-corrected chi connectivity index (χ2v) is 6.49. The summed E-state index contributed by atoms with van der Waals surface area (Å²) in [6.45, 7) is 5.04. The molecule has 0 saturated carbocycles. The number of nitrogens with one attached hydrogen (secondary N) is 1. The fourth-order valence-electron chi connectivity index (χ4n) is 2.81. The summed E-state index contributed by atoms with van der Waals surface area (Å²) in [5.74, 6) is 0. The Morgan fingerprint density at radius 3 is 3.00 bits per heavy atom. The van der Waals surface area contributed by atoms with Crippen LogP contribution >= 0.6 is 11.6 Å². The van der Waals surface area contributed by atoms with E-state index in [1.54, 1.807) is 6.20 Å². The molecule has 0 spiro atoms. The van der Waals surface area contributed by atoms with Crippen LogP contribution in [-0.2, 0) is 4.74 Å². The van der Waals surface area contributed by atoms with Crippen molar-refractivity contribution in [2.24, 2.45) is 0 Å². The molecule has 1 aliphatic rings. The Labute approximate surface area is 130 Å². The van der Waals surface area contributed by atoms with Gasteiger partial charge in [-0.25, -0.2) is 4.68 Å². The van der Waals surface area contributed by atoms with Gasteiger partial charge < -0.3 is 10.1 Å². The minimum atomic E-state index is -0.0830. The molecule has 1 aromatic carbocycles. The normalized spacial score (nSPS) is 21.2. The molecule has 1 N–H and O–H groups in total. The minimum absolute atomic E-state index is 0.0830. The third-order valence-electron chi connectivity index (χ3n) is 3.77. The molecule has 4 nitrogen and oxygen atoms in total. The van der Waals surface area contributed by atoms with Crippen molar-refractivity contribution in [3.63, 3.8) is 0 Å². The van der Waals surface area contributed by atoms with Crippen LogP contribution in [0.15, 0.2) is 36.7 Å². The van der Waals surface area contributed by atoms with Crippen LogP contribution in [0.3, 0.4) is 0 Å². The van der Waals surface area contributed by atoms with Gasteiger partial charge in [0.15, 0.2) is 0 Å². The Morgan fingerprint density at radius 1 is 1.43 bits per heavy atom. The number of hydrogen-bond acceptors (Lipinski definition) is 3. The minimum Gasteiger partial charge on any atom is -0.380 e. The van der Waals surface area contributed by atoms with Gasteiger partial charge in [0.25, 0.3) is 0 Å². The number of anilines is 1. The molecule has 0 radical (unpaired) electrons. The van der Waals surface area contributed by atoms with Crippen molar-refractivity contribution in [3.8, 4) is 5.69 Å². The second kappa shape index (κ2) is 5.70. The fourth-order valence-corrected chi connectivity index (χ4v) is 2.98. The summed E-state index contributed by atoms with van der Waals surface area (Å²) >= 11 is 6.16. The number of ether oxygens (including phenoxy) is 1. The number of nitrogens with zero attached hydrogens (tertiary/aromatic N) is 2. The van der Waals surface area contributed by atoms with Gasteiger partial charge in [0.2, 0.25) is 0 Å². The monoisotopic (exact) mass is 305 g/mol. The molecular weight excluding hydrogens is 286 g/mol. The average molecular weight is 306 g/mol. The molecule has 112 valence electrons. The van der Waals surface area contributed by atoms with E-state index in [2.05, 4.69) is 24.3 Å². The maximum Gasteiger partial charge on any atom is 0.0877 e. The summed E-state index contributed by atoms with van der Waals surface area (Å²) in [5.41, 5.74) is 1.93. The quantitative estimate of drug-likeness (QED) is 0.935. The first kappa shape index (κ1) is 14.4. The lowest BCUT2D eigenvalue weighted by molar-refractivity contribution is -0.0553. The Bertz CT molecular complexity index is 610. The van der Waals surface area contributed by atoms with Crippen molar-refractivity contribution in [3.05, 3.63) is 41.7 Å². The van der Waals surface area contributed by atoms with Crippen molar-refractivity contribution in [1.29, 1.82) is 0 Å². The van der Waals surface area contributed by atoms with Crippen molar-refractivity contribution in [2.75, 3.05) is 11.9 Å². The molecule has 21 heavy (non-hydrogen) atoms. The lowest BCUT2D eigenvalue weighted by Gasteiger charge is -2.36. The molecule has 3 rings (SSSR count). The highest BCUT2D eigenvalue weighted by Gasteiger charge is 2.29. The molecule has 5 heteroatoms. The largest absolute Gasteiger partial charge is 0.380 e. The van der Waals surface area contributed by atoms with E-state index in [0.29, 0.717) is 6.04 Å². The Morgan fingerprint density at radius 2 is 2.29 bits per heavy atom. The Balaban J connectivity index is 1.86. The van der Waals surface area contributed by atoms with Crippen LogP contribution in [0.5, 0.6) is 0 Å². The van der Waals surface area contributed by atoms with Crippen LogP contribution in [0, 0.1) is 0 Å². The van der Waals surface area contributed by atoms with E-state index >= 15 is 0 Å². The molecule has 1 unspecified atom stereocenters. The Kier molecular flexibility index (Phi) is 3.91. The summed E-state index contributed by atoms with van der Waals surface area (Å²) in [5, 5.41) is 8.64. The molecule has 0 aliphatic carbocycles. The van der Waals surface area contributed by atoms with Gasteiger partial charge in [0, 0.05) is 30.1 Å². The zero-order valence-corrected chi connectivity index (χ0v) is 13.1. The summed E-state index contributed by atoms with van der Waals surface area (Å²) < 4.78 is 7.63. The first-order valence-electron chi connectivity index (χ1n) is 7.24. The van der Waals surface area contributed by atoms with Gasteiger partial charge in [0.1, 0.15) is 0 Å². The van der Waals surface area contributed by atoms with Gasteiger partial charge in [-0.05, 0) is 51.0 Å². The predicted molar refractivity (Wildman–Crippen MR) is 85.2 cm³/mol. The first-order chi connectivity index (χ1) is 10.0. The molecule has 1 aliphatic heterocycles. The smallest absolute Gasteiger partial charge is 0.0877 e. The molecule has 1 aromatic heterocycles. The van der Waals surface area contributed by atoms with Crippen LogP contribution in [0.1, 0.15) is 26.7 Å². The van der Waals surface area contributed by atoms with E-state index in [9.17, 15) is 0 Å². The number of halogens is 1. The second-order valence-electron chi connectivity index (χ2n) is 6.05. The topological polar surface area (TPSA) is 39.1 Å². The van der Waals surface area contributed by atoms with E-state index in [-0.39, 0.29) is 5.60 Å². The Hall–Kier alpha value is -1.52. The first-order valence-corrected chi connectivity index (χ1v) is 7.61. The third kappa shape index (κ3) is 3.39. The standard InChI is InChI=1S/C16H20ClN3O/c1-16(2)11-13(6-9-21-16)19-14-10-12(17)4-5-15(14)20-8-3-7-18-20/h3-5,7-8,10,13,19H,6,9,11H2,1-2H3. The van der Waals surface area contributed by atoms with Gasteiger partial charge >= 0.3 is 0 Å². The summed E-state index contributed by atoms with van der Waals surface area (Å²) in [7, 11) is 0. The van der Waals surface area contributed by atoms with Gasteiger partial charge in [-0.1, -0.05) is 11.6 Å². The lowest BCUT2D eigenvalue weighted by atomic mass is 9.93. The molecule has 0 bridgehead atoms. The number of aromatic nitrogens is 2. The fraction of sp³-hybridized carbons (Fsp3) is 0.438. The highest BCUT2D eigenvalue weighted by atomic mass is 35.5. The van der Waals surface area contributed by atoms with E-state index in [0.717, 1.165) is 35.8 Å². The van der Waals surface area contributed by atoms with E-state index in [1.165, 1.54) is 0 Å². The van der Waals surface area contributed by atoms with Crippen LogP contribution in [0.2, 0.25) is 5.02 Å². The predicted octanol–water partition coefficient (Wildman–Crippen LogP) is 3.90. The number of hydrogen-bond donors (Lipinski definition) is 1. The van der Waals surface area contributed by atoms with Gasteiger partial charge in [-0.2, -0.15) is 5.10 Å². The zero-order chi connectivity index (χ0) is 14.9. The van der Waals surface area contributed by atoms with Crippen molar-refractivity contribution in [2.45, 2.75) is 38.3 Å². The van der Waals surface area contributed by atoms with Crippen molar-refractivity contribution in [1.82, 2.24) is 9.78 Å².